The van der Waals surface area contributed by atoms with Crippen molar-refractivity contribution in [3.05, 3.63) is 23.4 Å². The second kappa shape index (κ2) is 8.95. The molecule has 1 saturated carbocycles. The maximum absolute atomic E-state index is 10.6. The summed E-state index contributed by atoms with van der Waals surface area (Å²) in [6, 6.07) is 0.301. The number of aliphatic hydroxyl groups excluding tert-OH is 3. The maximum atomic E-state index is 10.6. The summed E-state index contributed by atoms with van der Waals surface area (Å²) in [5.41, 5.74) is 2.19. The molecule has 4 heterocycles. The van der Waals surface area contributed by atoms with Gasteiger partial charge in [-0.05, 0) is 38.7 Å². The van der Waals surface area contributed by atoms with Gasteiger partial charge in [-0.25, -0.2) is 15.0 Å². The third-order valence-electron chi connectivity index (χ3n) is 7.27. The normalized spacial score (nSPS) is 31.9. The predicted octanol–water partition coefficient (Wildman–Crippen LogP) is 2.55. The highest BCUT2D eigenvalue weighted by atomic mass is 16.6. The van der Waals surface area contributed by atoms with Crippen molar-refractivity contribution in [2.45, 2.75) is 95.4 Å². The van der Waals surface area contributed by atoms with Crippen LogP contribution >= 0.6 is 0 Å². The topological polar surface area (TPSA) is 150 Å². The summed E-state index contributed by atoms with van der Waals surface area (Å²) in [7, 11) is 0. The first-order valence-corrected chi connectivity index (χ1v) is 12.1. The Morgan fingerprint density at radius 1 is 1.21 bits per heavy atom. The van der Waals surface area contributed by atoms with Crippen LogP contribution in [0.25, 0.3) is 11.2 Å². The van der Waals surface area contributed by atoms with E-state index >= 15 is 0 Å². The van der Waals surface area contributed by atoms with Crippen LogP contribution in [0.1, 0.15) is 71.3 Å². The van der Waals surface area contributed by atoms with Crippen LogP contribution < -0.4 is 5.32 Å². The largest absolute Gasteiger partial charge is 0.394 e. The quantitative estimate of drug-likeness (QED) is 0.481. The van der Waals surface area contributed by atoms with E-state index in [4.69, 9.17) is 14.7 Å². The molecule has 11 nitrogen and oxygen atoms in total. The number of aromatic nitrogens is 4. The van der Waals surface area contributed by atoms with Crippen LogP contribution in [0.4, 0.5) is 5.82 Å². The van der Waals surface area contributed by atoms with E-state index in [1.54, 1.807) is 4.57 Å². The predicted molar refractivity (Wildman–Crippen MR) is 124 cm³/mol. The lowest BCUT2D eigenvalue weighted by atomic mass is 9.88. The van der Waals surface area contributed by atoms with Gasteiger partial charge < -0.3 is 25.4 Å². The van der Waals surface area contributed by atoms with Gasteiger partial charge in [0.1, 0.15) is 18.3 Å². The van der Waals surface area contributed by atoms with Crippen molar-refractivity contribution in [3.63, 3.8) is 0 Å². The molecule has 11 heteroatoms. The molecular formula is C23H33N7O4. The standard InChI is InChI=1S/C23H33N7O4/c1-4-7-14-12(2)28-29-23(14,3)22-26-19(25-13-8-5-6-9-13)16-20(27-22)30(11-24-16)21-18(33)17(32)15(10-31)34-21/h11,13,15,17-18,21,31-33H,4-10H2,1-3H3,(H,25,26,27)/t15-,17-,18-,21?,23?/m1/s1. The Kier molecular flexibility index (Phi) is 6.13. The number of aliphatic hydroxyl groups is 3. The van der Waals surface area contributed by atoms with E-state index in [2.05, 4.69) is 27.5 Å². The Morgan fingerprint density at radius 3 is 2.65 bits per heavy atom. The van der Waals surface area contributed by atoms with E-state index in [1.165, 1.54) is 19.2 Å². The van der Waals surface area contributed by atoms with Crippen molar-refractivity contribution in [1.82, 2.24) is 19.5 Å². The molecule has 1 saturated heterocycles. The van der Waals surface area contributed by atoms with Gasteiger partial charge in [0.05, 0.1) is 18.6 Å². The number of rotatable bonds is 7. The Bertz CT molecular complexity index is 1130. The summed E-state index contributed by atoms with van der Waals surface area (Å²) >= 11 is 0. The molecule has 5 atom stereocenters. The molecule has 1 aliphatic carbocycles. The van der Waals surface area contributed by atoms with E-state index < -0.39 is 36.7 Å². The van der Waals surface area contributed by atoms with Crippen LogP contribution in [-0.4, -0.2) is 65.8 Å². The highest BCUT2D eigenvalue weighted by Crippen LogP contribution is 2.43. The fraction of sp³-hybridized carbons (Fsp3) is 0.696. The minimum atomic E-state index is -1.24. The third kappa shape index (κ3) is 3.71. The molecule has 3 aliphatic rings. The number of imidazole rings is 1. The second-order valence-electron chi connectivity index (χ2n) is 9.66. The molecule has 2 aliphatic heterocycles. The summed E-state index contributed by atoms with van der Waals surface area (Å²) < 4.78 is 7.38. The van der Waals surface area contributed by atoms with Crippen molar-refractivity contribution in [3.8, 4) is 0 Å². The van der Waals surface area contributed by atoms with Gasteiger partial charge in [-0.1, -0.05) is 26.2 Å². The number of nitrogens with zero attached hydrogens (tertiary/aromatic N) is 6. The van der Waals surface area contributed by atoms with E-state index in [9.17, 15) is 15.3 Å². The molecule has 5 rings (SSSR count). The molecule has 4 N–H and O–H groups in total. The number of fused-ring (bicyclic) bond motifs is 1. The monoisotopic (exact) mass is 471 g/mol. The van der Waals surface area contributed by atoms with Gasteiger partial charge >= 0.3 is 0 Å². The number of hydrogen-bond acceptors (Lipinski definition) is 10. The summed E-state index contributed by atoms with van der Waals surface area (Å²) in [4.78, 5) is 14.3. The fourth-order valence-electron chi connectivity index (χ4n) is 5.30. The van der Waals surface area contributed by atoms with Crippen LogP contribution in [0.3, 0.4) is 0 Å². The van der Waals surface area contributed by atoms with Crippen molar-refractivity contribution in [2.24, 2.45) is 10.2 Å². The second-order valence-corrected chi connectivity index (χ2v) is 9.66. The summed E-state index contributed by atoms with van der Waals surface area (Å²) in [6.07, 6.45) is 3.50. The minimum absolute atomic E-state index is 0.301. The molecule has 2 unspecified atom stereocenters. The van der Waals surface area contributed by atoms with Gasteiger partial charge in [-0.2, -0.15) is 10.2 Å². The number of nitrogens with one attached hydrogen (secondary N) is 1. The van der Waals surface area contributed by atoms with Crippen LogP contribution in [-0.2, 0) is 10.3 Å². The highest BCUT2D eigenvalue weighted by molar-refractivity contribution is 5.83. The Morgan fingerprint density at radius 2 is 1.97 bits per heavy atom. The number of azo groups is 1. The Balaban J connectivity index is 1.64. The smallest absolute Gasteiger partial charge is 0.168 e. The summed E-state index contributed by atoms with van der Waals surface area (Å²) in [5.74, 6) is 1.12. The van der Waals surface area contributed by atoms with Gasteiger partial charge in [-0.15, -0.1) is 0 Å². The summed E-state index contributed by atoms with van der Waals surface area (Å²) in [5, 5.41) is 42.9. The van der Waals surface area contributed by atoms with Gasteiger partial charge in [0, 0.05) is 6.04 Å². The SMILES string of the molecule is CCCC1=C(C)N=NC1(C)c1nc(NC2CCCC2)c2ncn(C3O[C@H](CO)[C@@H](O)[C@H]3O)c2n1. The lowest BCUT2D eigenvalue weighted by Gasteiger charge is -2.24. The maximum Gasteiger partial charge on any atom is 0.168 e. The Labute approximate surface area is 198 Å². The molecular weight excluding hydrogens is 438 g/mol. The number of allylic oxidation sites excluding steroid dienone is 1. The molecule has 184 valence electrons. The first kappa shape index (κ1) is 23.3. The fourth-order valence-corrected chi connectivity index (χ4v) is 5.30. The van der Waals surface area contributed by atoms with Gasteiger partial charge in [-0.3, -0.25) is 4.57 Å². The third-order valence-corrected chi connectivity index (χ3v) is 7.27. The van der Waals surface area contributed by atoms with Crippen LogP contribution in [0, 0.1) is 0 Å². The molecule has 2 aromatic heterocycles. The van der Waals surface area contributed by atoms with Gasteiger partial charge in [0.25, 0.3) is 0 Å². The molecule has 2 aromatic rings. The highest BCUT2D eigenvalue weighted by Gasteiger charge is 2.45. The zero-order valence-corrected chi connectivity index (χ0v) is 19.8. The van der Waals surface area contributed by atoms with E-state index in [-0.39, 0.29) is 0 Å². The first-order valence-electron chi connectivity index (χ1n) is 12.1. The average molecular weight is 472 g/mol. The molecule has 0 amide bonds. The lowest BCUT2D eigenvalue weighted by molar-refractivity contribution is -0.0511. The van der Waals surface area contributed by atoms with Crippen molar-refractivity contribution >= 4 is 17.0 Å². The molecule has 0 aromatic carbocycles. The lowest BCUT2D eigenvalue weighted by Crippen LogP contribution is -2.33. The number of hydrogen-bond donors (Lipinski definition) is 4. The molecule has 0 bridgehead atoms. The van der Waals surface area contributed by atoms with Crippen LogP contribution in [0.5, 0.6) is 0 Å². The van der Waals surface area contributed by atoms with E-state index in [1.807, 2.05) is 13.8 Å². The number of ether oxygens (including phenoxy) is 1. The van der Waals surface area contributed by atoms with E-state index in [0.717, 1.165) is 37.0 Å². The Hall–Kier alpha value is -2.47. The zero-order valence-electron chi connectivity index (χ0n) is 19.8. The number of anilines is 1. The zero-order chi connectivity index (χ0) is 24.0. The van der Waals surface area contributed by atoms with Gasteiger partial charge in [0.15, 0.2) is 34.6 Å². The van der Waals surface area contributed by atoms with Crippen molar-refractivity contribution < 1.29 is 20.1 Å². The van der Waals surface area contributed by atoms with E-state index in [0.29, 0.717) is 28.8 Å². The summed E-state index contributed by atoms with van der Waals surface area (Å²) in [6.45, 7) is 5.65. The minimum Gasteiger partial charge on any atom is -0.394 e. The first-order chi connectivity index (χ1) is 16.4. The molecule has 0 radical (unpaired) electrons. The molecule has 0 spiro atoms. The molecule has 34 heavy (non-hydrogen) atoms. The van der Waals surface area contributed by atoms with Crippen LogP contribution in [0.2, 0.25) is 0 Å². The van der Waals surface area contributed by atoms with Gasteiger partial charge in [0.2, 0.25) is 0 Å². The van der Waals surface area contributed by atoms with Crippen LogP contribution in [0.15, 0.2) is 27.8 Å². The molecule has 2 fully saturated rings. The van der Waals surface area contributed by atoms with Crippen molar-refractivity contribution in [2.75, 3.05) is 11.9 Å². The van der Waals surface area contributed by atoms with Crippen molar-refractivity contribution in [1.29, 1.82) is 0 Å². The average Bonchev–Trinajstić information content (AvgIpc) is 3.60.